The third-order valence-electron chi connectivity index (χ3n) is 3.20. The first-order valence-corrected chi connectivity index (χ1v) is 7.69. The molecule has 0 saturated heterocycles. The molecule has 1 rings (SSSR count). The number of thiocarbonyl (C=S) groups is 1. The van der Waals surface area contributed by atoms with Crippen molar-refractivity contribution in [3.8, 4) is 0 Å². The van der Waals surface area contributed by atoms with Gasteiger partial charge in [0.05, 0.1) is 6.04 Å². The summed E-state index contributed by atoms with van der Waals surface area (Å²) < 4.78 is 5.29. The standard InChI is InChI=1S/C15H23ClN2OS/c1-4-19-11-7-10-17-15(20)18(3)12(2)13-8-5-6-9-14(13)16/h5-6,8-9,12H,4,7,10-11H2,1-3H3,(H,17,20). The largest absolute Gasteiger partial charge is 0.382 e. The van der Waals surface area contributed by atoms with Crippen LogP contribution in [0.4, 0.5) is 0 Å². The van der Waals surface area contributed by atoms with Crippen molar-refractivity contribution in [3.63, 3.8) is 0 Å². The fraction of sp³-hybridized carbons (Fsp3) is 0.533. The minimum atomic E-state index is 0.135. The lowest BCUT2D eigenvalue weighted by Gasteiger charge is -2.28. The molecule has 0 heterocycles. The third-order valence-corrected chi connectivity index (χ3v) is 3.98. The molecule has 0 amide bonds. The van der Waals surface area contributed by atoms with Gasteiger partial charge < -0.3 is 15.0 Å². The number of halogens is 1. The molecule has 0 aliphatic carbocycles. The van der Waals surface area contributed by atoms with Crippen LogP contribution in [0.3, 0.4) is 0 Å². The summed E-state index contributed by atoms with van der Waals surface area (Å²) >= 11 is 11.6. The molecule has 0 aliphatic rings. The summed E-state index contributed by atoms with van der Waals surface area (Å²) in [6, 6.07) is 7.99. The molecule has 0 fully saturated rings. The van der Waals surface area contributed by atoms with Gasteiger partial charge in [0.2, 0.25) is 0 Å². The molecular weight excluding hydrogens is 292 g/mol. The minimum absolute atomic E-state index is 0.135. The van der Waals surface area contributed by atoms with E-state index >= 15 is 0 Å². The number of rotatable bonds is 7. The van der Waals surface area contributed by atoms with Gasteiger partial charge in [0, 0.05) is 31.8 Å². The highest BCUT2D eigenvalue weighted by molar-refractivity contribution is 7.80. The van der Waals surface area contributed by atoms with Crippen LogP contribution in [-0.4, -0.2) is 36.8 Å². The van der Waals surface area contributed by atoms with Crippen molar-refractivity contribution >= 4 is 28.9 Å². The number of benzene rings is 1. The van der Waals surface area contributed by atoms with Crippen molar-refractivity contribution in [2.24, 2.45) is 0 Å². The molecular formula is C15H23ClN2OS. The maximum Gasteiger partial charge on any atom is 0.169 e. The Morgan fingerprint density at radius 1 is 1.45 bits per heavy atom. The van der Waals surface area contributed by atoms with Gasteiger partial charge >= 0.3 is 0 Å². The Labute approximate surface area is 132 Å². The second-order valence-electron chi connectivity index (χ2n) is 4.59. The van der Waals surface area contributed by atoms with Crippen molar-refractivity contribution < 1.29 is 4.74 Å². The monoisotopic (exact) mass is 314 g/mol. The molecule has 1 aromatic carbocycles. The number of hydrogen-bond donors (Lipinski definition) is 1. The fourth-order valence-corrected chi connectivity index (χ4v) is 2.39. The molecule has 0 bridgehead atoms. The summed E-state index contributed by atoms with van der Waals surface area (Å²) in [6.07, 6.45) is 0.947. The summed E-state index contributed by atoms with van der Waals surface area (Å²) in [5.74, 6) is 0. The van der Waals surface area contributed by atoms with Gasteiger partial charge in [-0.1, -0.05) is 29.8 Å². The van der Waals surface area contributed by atoms with Gasteiger partial charge in [-0.3, -0.25) is 0 Å². The average molecular weight is 315 g/mol. The van der Waals surface area contributed by atoms with E-state index in [-0.39, 0.29) is 6.04 Å². The van der Waals surface area contributed by atoms with E-state index in [1.54, 1.807) is 0 Å². The number of nitrogens with zero attached hydrogens (tertiary/aromatic N) is 1. The highest BCUT2D eigenvalue weighted by atomic mass is 35.5. The Balaban J connectivity index is 2.46. The topological polar surface area (TPSA) is 24.5 Å². The lowest BCUT2D eigenvalue weighted by atomic mass is 10.1. The van der Waals surface area contributed by atoms with E-state index in [2.05, 4.69) is 12.2 Å². The summed E-state index contributed by atoms with van der Waals surface area (Å²) in [6.45, 7) is 6.43. The molecule has 0 spiro atoms. The summed E-state index contributed by atoms with van der Waals surface area (Å²) in [7, 11) is 1.98. The highest BCUT2D eigenvalue weighted by Crippen LogP contribution is 2.26. The van der Waals surface area contributed by atoms with E-state index in [0.29, 0.717) is 0 Å². The molecule has 0 saturated carbocycles. The summed E-state index contributed by atoms with van der Waals surface area (Å²) in [5.41, 5.74) is 1.08. The SMILES string of the molecule is CCOCCCNC(=S)N(C)C(C)c1ccccc1Cl. The first kappa shape index (κ1) is 17.2. The highest BCUT2D eigenvalue weighted by Gasteiger charge is 2.16. The Bertz CT molecular complexity index is 428. The van der Waals surface area contributed by atoms with E-state index in [1.165, 1.54) is 0 Å². The molecule has 1 atom stereocenters. The van der Waals surface area contributed by atoms with E-state index in [4.69, 9.17) is 28.6 Å². The van der Waals surface area contributed by atoms with Crippen LogP contribution in [0.25, 0.3) is 0 Å². The molecule has 1 unspecified atom stereocenters. The number of nitrogens with one attached hydrogen (secondary N) is 1. The quantitative estimate of drug-likeness (QED) is 0.613. The molecule has 0 aliphatic heterocycles. The second-order valence-corrected chi connectivity index (χ2v) is 5.38. The van der Waals surface area contributed by atoms with Crippen molar-refractivity contribution in [1.29, 1.82) is 0 Å². The lowest BCUT2D eigenvalue weighted by Crippen LogP contribution is -2.39. The summed E-state index contributed by atoms with van der Waals surface area (Å²) in [5, 5.41) is 4.75. The second kappa shape index (κ2) is 9.16. The van der Waals surface area contributed by atoms with Crippen molar-refractivity contribution in [2.75, 3.05) is 26.8 Å². The summed E-state index contributed by atoms with van der Waals surface area (Å²) in [4.78, 5) is 2.03. The van der Waals surface area contributed by atoms with Crippen molar-refractivity contribution in [1.82, 2.24) is 10.2 Å². The van der Waals surface area contributed by atoms with Crippen molar-refractivity contribution in [2.45, 2.75) is 26.3 Å². The van der Waals surface area contributed by atoms with Crippen LogP contribution >= 0.6 is 23.8 Å². The minimum Gasteiger partial charge on any atom is -0.382 e. The van der Waals surface area contributed by atoms with Gasteiger partial charge in [-0.05, 0) is 44.1 Å². The first-order valence-electron chi connectivity index (χ1n) is 6.90. The zero-order chi connectivity index (χ0) is 15.0. The van der Waals surface area contributed by atoms with E-state index in [1.807, 2.05) is 43.1 Å². The Morgan fingerprint density at radius 2 is 2.15 bits per heavy atom. The molecule has 1 aromatic rings. The Kier molecular flexibility index (Phi) is 7.88. The molecule has 1 N–H and O–H groups in total. The molecule has 3 nitrogen and oxygen atoms in total. The van der Waals surface area contributed by atoms with Gasteiger partial charge in [0.25, 0.3) is 0 Å². The van der Waals surface area contributed by atoms with E-state index in [0.717, 1.165) is 41.9 Å². The van der Waals surface area contributed by atoms with Crippen LogP contribution < -0.4 is 5.32 Å². The maximum atomic E-state index is 6.22. The molecule has 0 aromatic heterocycles. The van der Waals surface area contributed by atoms with E-state index < -0.39 is 0 Å². The van der Waals surface area contributed by atoms with E-state index in [9.17, 15) is 0 Å². The van der Waals surface area contributed by atoms with Crippen LogP contribution in [0.2, 0.25) is 5.02 Å². The zero-order valence-electron chi connectivity index (χ0n) is 12.4. The first-order chi connectivity index (χ1) is 9.57. The van der Waals surface area contributed by atoms with Gasteiger partial charge in [-0.2, -0.15) is 0 Å². The van der Waals surface area contributed by atoms with Crippen LogP contribution in [0.15, 0.2) is 24.3 Å². The Hall–Kier alpha value is -0.840. The molecule has 0 radical (unpaired) electrons. The normalized spacial score (nSPS) is 12.0. The van der Waals surface area contributed by atoms with Crippen LogP contribution in [0.1, 0.15) is 31.9 Å². The van der Waals surface area contributed by atoms with Gasteiger partial charge in [-0.25, -0.2) is 0 Å². The van der Waals surface area contributed by atoms with Gasteiger partial charge in [0.15, 0.2) is 5.11 Å². The van der Waals surface area contributed by atoms with Crippen molar-refractivity contribution in [3.05, 3.63) is 34.9 Å². The van der Waals surface area contributed by atoms with Gasteiger partial charge in [0.1, 0.15) is 0 Å². The van der Waals surface area contributed by atoms with Crippen LogP contribution in [-0.2, 0) is 4.74 Å². The predicted molar refractivity (Wildman–Crippen MR) is 89.3 cm³/mol. The number of ether oxygens (including phenoxy) is 1. The molecule has 112 valence electrons. The maximum absolute atomic E-state index is 6.22. The molecule has 20 heavy (non-hydrogen) atoms. The smallest absolute Gasteiger partial charge is 0.169 e. The lowest BCUT2D eigenvalue weighted by molar-refractivity contribution is 0.145. The average Bonchev–Trinajstić information content (AvgIpc) is 2.46. The predicted octanol–water partition coefficient (Wildman–Crippen LogP) is 3.63. The van der Waals surface area contributed by atoms with Gasteiger partial charge in [-0.15, -0.1) is 0 Å². The molecule has 5 heteroatoms. The van der Waals surface area contributed by atoms with Crippen LogP contribution in [0, 0.1) is 0 Å². The van der Waals surface area contributed by atoms with Crippen LogP contribution in [0.5, 0.6) is 0 Å². The fourth-order valence-electron chi connectivity index (χ4n) is 1.84. The Morgan fingerprint density at radius 3 is 2.80 bits per heavy atom. The number of hydrogen-bond acceptors (Lipinski definition) is 2. The zero-order valence-corrected chi connectivity index (χ0v) is 13.9. The third kappa shape index (κ3) is 5.27.